The van der Waals surface area contributed by atoms with E-state index in [-0.39, 0.29) is 12.0 Å². The van der Waals surface area contributed by atoms with Gasteiger partial charge in [0.1, 0.15) is 18.4 Å². The van der Waals surface area contributed by atoms with Crippen molar-refractivity contribution < 1.29 is 19.0 Å². The third kappa shape index (κ3) is 4.15. The molecule has 1 fully saturated rings. The average Bonchev–Trinajstić information content (AvgIpc) is 3.47. The quantitative estimate of drug-likeness (QED) is 0.585. The topological polar surface area (TPSA) is 94.8 Å². The molecule has 3 aromatic rings. The molecule has 3 aromatic heterocycles. The van der Waals surface area contributed by atoms with Crippen molar-refractivity contribution in [2.75, 3.05) is 38.3 Å². The summed E-state index contributed by atoms with van der Waals surface area (Å²) in [5.74, 6) is 1.72. The lowest BCUT2D eigenvalue weighted by molar-refractivity contribution is 0.0766. The number of nitrogens with zero attached hydrogens (tertiary/aromatic N) is 6. The molecule has 0 N–H and O–H groups in total. The molecule has 1 unspecified atom stereocenters. The van der Waals surface area contributed by atoms with Crippen LogP contribution in [0.1, 0.15) is 22.5 Å². The summed E-state index contributed by atoms with van der Waals surface area (Å²) in [4.78, 5) is 29.6. The number of rotatable bonds is 5. The summed E-state index contributed by atoms with van der Waals surface area (Å²) in [7, 11) is 3.46. The van der Waals surface area contributed by atoms with Gasteiger partial charge in [-0.2, -0.15) is 0 Å². The van der Waals surface area contributed by atoms with E-state index in [1.54, 1.807) is 41.5 Å². The number of amides is 1. The van der Waals surface area contributed by atoms with Crippen molar-refractivity contribution in [1.29, 1.82) is 0 Å². The van der Waals surface area contributed by atoms with Gasteiger partial charge in [-0.15, -0.1) is 0 Å². The van der Waals surface area contributed by atoms with Gasteiger partial charge in [-0.25, -0.2) is 15.0 Å². The van der Waals surface area contributed by atoms with Crippen molar-refractivity contribution in [3.8, 4) is 17.5 Å². The van der Waals surface area contributed by atoms with Crippen LogP contribution in [0.15, 0.2) is 37.1 Å². The lowest BCUT2D eigenvalue weighted by Crippen LogP contribution is -2.31. The summed E-state index contributed by atoms with van der Waals surface area (Å²) in [6, 6.07) is 3.93. The van der Waals surface area contributed by atoms with Crippen LogP contribution in [0.2, 0.25) is 0 Å². The number of hydrogen-bond donors (Lipinski definition) is 0. The van der Waals surface area contributed by atoms with Crippen molar-refractivity contribution in [2.45, 2.75) is 19.4 Å². The molecule has 33 heavy (non-hydrogen) atoms. The van der Waals surface area contributed by atoms with Gasteiger partial charge in [0, 0.05) is 37.8 Å². The number of pyridine rings is 2. The Morgan fingerprint density at radius 1 is 1.18 bits per heavy atom. The number of carbonyl (C=O) groups is 1. The number of ether oxygens (including phenoxy) is 3. The van der Waals surface area contributed by atoms with Crippen LogP contribution < -0.4 is 19.1 Å². The summed E-state index contributed by atoms with van der Waals surface area (Å²) in [6.07, 6.45) is 7.44. The van der Waals surface area contributed by atoms with Crippen molar-refractivity contribution in [3.63, 3.8) is 0 Å². The van der Waals surface area contributed by atoms with Crippen LogP contribution in [0.5, 0.6) is 17.5 Å². The lowest BCUT2D eigenvalue weighted by Gasteiger charge is -2.31. The number of carbonyl (C=O) groups excluding carboxylic acids is 1. The monoisotopic (exact) mass is 450 g/mol. The van der Waals surface area contributed by atoms with E-state index in [2.05, 4.69) is 19.9 Å². The normalized spacial score (nSPS) is 17.5. The predicted molar refractivity (Wildman–Crippen MR) is 120 cm³/mol. The molecule has 2 aliphatic heterocycles. The molecule has 0 bridgehead atoms. The largest absolute Gasteiger partial charge is 0.488 e. The molecule has 5 rings (SSSR count). The Morgan fingerprint density at radius 2 is 2.06 bits per heavy atom. The zero-order chi connectivity index (χ0) is 22.9. The molecule has 0 aliphatic carbocycles. The molecular weight excluding hydrogens is 424 g/mol. The first kappa shape index (κ1) is 21.0. The molecule has 0 saturated carbocycles. The van der Waals surface area contributed by atoms with Gasteiger partial charge in [-0.3, -0.25) is 4.79 Å². The molecule has 2 aliphatic rings. The molecule has 1 atom stereocenters. The van der Waals surface area contributed by atoms with E-state index in [0.29, 0.717) is 49.4 Å². The first-order chi connectivity index (χ1) is 16.0. The van der Waals surface area contributed by atoms with Crippen molar-refractivity contribution in [3.05, 3.63) is 48.3 Å². The fourth-order valence-electron chi connectivity index (χ4n) is 4.21. The summed E-state index contributed by atoms with van der Waals surface area (Å²) in [5.41, 5.74) is 3.22. The molecule has 10 nitrogen and oxygen atoms in total. The van der Waals surface area contributed by atoms with Crippen LogP contribution in [0.4, 0.5) is 11.4 Å². The summed E-state index contributed by atoms with van der Waals surface area (Å²) < 4.78 is 19.0. The number of aryl methyl sites for hydroxylation is 2. The highest BCUT2D eigenvalue weighted by atomic mass is 16.5. The minimum atomic E-state index is -0.133. The van der Waals surface area contributed by atoms with Crippen LogP contribution >= 0.6 is 0 Å². The molecule has 0 aromatic carbocycles. The minimum absolute atomic E-state index is 0.0814. The lowest BCUT2D eigenvalue weighted by atomic mass is 10.2. The van der Waals surface area contributed by atoms with Gasteiger partial charge < -0.3 is 28.6 Å². The third-order valence-corrected chi connectivity index (χ3v) is 5.85. The van der Waals surface area contributed by atoms with Crippen molar-refractivity contribution >= 4 is 17.3 Å². The van der Waals surface area contributed by atoms with Gasteiger partial charge in [-0.1, -0.05) is 0 Å². The molecule has 1 amide bonds. The van der Waals surface area contributed by atoms with Gasteiger partial charge >= 0.3 is 0 Å². The smallest absolute Gasteiger partial charge is 0.274 e. The Morgan fingerprint density at radius 3 is 2.82 bits per heavy atom. The van der Waals surface area contributed by atoms with Crippen LogP contribution in [0.25, 0.3) is 0 Å². The van der Waals surface area contributed by atoms with E-state index in [4.69, 9.17) is 14.2 Å². The Kier molecular flexibility index (Phi) is 5.49. The fraction of sp³-hybridized carbons (Fsp3) is 0.391. The maximum atomic E-state index is 12.7. The van der Waals surface area contributed by atoms with Crippen molar-refractivity contribution in [1.82, 2.24) is 24.4 Å². The van der Waals surface area contributed by atoms with E-state index in [9.17, 15) is 4.79 Å². The van der Waals surface area contributed by atoms with Gasteiger partial charge in [0.15, 0.2) is 5.75 Å². The highest BCUT2D eigenvalue weighted by Gasteiger charge is 2.30. The molecule has 5 heterocycles. The minimum Gasteiger partial charge on any atom is -0.488 e. The van der Waals surface area contributed by atoms with Gasteiger partial charge in [-0.05, 0) is 13.0 Å². The summed E-state index contributed by atoms with van der Waals surface area (Å²) >= 11 is 0. The maximum Gasteiger partial charge on any atom is 0.274 e. The van der Waals surface area contributed by atoms with Crippen LogP contribution in [-0.2, 0) is 7.05 Å². The number of aromatic nitrogens is 4. The van der Waals surface area contributed by atoms with Crippen molar-refractivity contribution in [2.24, 2.45) is 7.05 Å². The summed E-state index contributed by atoms with van der Waals surface area (Å²) in [5, 5.41) is 0. The standard InChI is InChI=1S/C23H26N6O4/c1-15-8-16(10-25-22(15)31-3)29-6-7-32-20-11-24-21(9-19(20)29)33-17-4-5-28(12-17)23(30)18-13-27(2)14-26-18/h8-11,13-14,17H,4-7,12H2,1-3H3. The third-order valence-electron chi connectivity index (χ3n) is 5.85. The molecular formula is C23H26N6O4. The van der Waals surface area contributed by atoms with E-state index < -0.39 is 0 Å². The first-order valence-electron chi connectivity index (χ1n) is 10.9. The first-order valence-corrected chi connectivity index (χ1v) is 10.9. The number of hydrogen-bond acceptors (Lipinski definition) is 8. The Hall–Kier alpha value is -3.82. The van der Waals surface area contributed by atoms with E-state index in [0.717, 1.165) is 23.4 Å². The SMILES string of the molecule is COc1ncc(N2CCOc3cnc(OC4CCN(C(=O)c5cn(C)cn5)C4)cc32)cc1C. The Balaban J connectivity index is 1.31. The predicted octanol–water partition coefficient (Wildman–Crippen LogP) is 2.35. The Labute approximate surface area is 191 Å². The second kappa shape index (κ2) is 8.61. The maximum absolute atomic E-state index is 12.7. The Bertz CT molecular complexity index is 1180. The van der Waals surface area contributed by atoms with E-state index in [1.165, 1.54) is 0 Å². The molecule has 0 spiro atoms. The van der Waals surface area contributed by atoms with Crippen LogP contribution in [0.3, 0.4) is 0 Å². The number of likely N-dealkylation sites (tertiary alicyclic amines) is 1. The van der Waals surface area contributed by atoms with Gasteiger partial charge in [0.25, 0.3) is 5.91 Å². The van der Waals surface area contributed by atoms with Gasteiger partial charge in [0.2, 0.25) is 11.8 Å². The molecule has 172 valence electrons. The highest BCUT2D eigenvalue weighted by molar-refractivity contribution is 5.92. The second-order valence-corrected chi connectivity index (χ2v) is 8.21. The van der Waals surface area contributed by atoms with Gasteiger partial charge in [0.05, 0.1) is 50.3 Å². The van der Waals surface area contributed by atoms with E-state index in [1.807, 2.05) is 26.1 Å². The number of imidazole rings is 1. The van der Waals surface area contributed by atoms with Crippen LogP contribution in [-0.4, -0.2) is 69.8 Å². The second-order valence-electron chi connectivity index (χ2n) is 8.21. The average molecular weight is 450 g/mol. The zero-order valence-corrected chi connectivity index (χ0v) is 18.9. The molecule has 0 radical (unpaired) electrons. The van der Waals surface area contributed by atoms with Crippen LogP contribution in [0, 0.1) is 6.92 Å². The fourth-order valence-corrected chi connectivity index (χ4v) is 4.21. The summed E-state index contributed by atoms with van der Waals surface area (Å²) in [6.45, 7) is 4.32. The van der Waals surface area contributed by atoms with E-state index >= 15 is 0 Å². The number of anilines is 2. The number of fused-ring (bicyclic) bond motifs is 1. The highest BCUT2D eigenvalue weighted by Crippen LogP contribution is 2.39. The number of methoxy groups -OCH3 is 1. The molecule has 1 saturated heterocycles. The zero-order valence-electron chi connectivity index (χ0n) is 18.9. The molecule has 10 heteroatoms.